The lowest BCUT2D eigenvalue weighted by Gasteiger charge is -1.97. The van der Waals surface area contributed by atoms with Crippen molar-refractivity contribution in [3.8, 4) is 0 Å². The number of aromatic nitrogens is 2. The molecule has 62 valence electrons. The largest absolute Gasteiger partial charge is 0.391 e. The van der Waals surface area contributed by atoms with Gasteiger partial charge in [0.25, 0.3) is 0 Å². The summed E-state index contributed by atoms with van der Waals surface area (Å²) in [5, 5.41) is 0. The molecule has 0 atom stereocenters. The predicted molar refractivity (Wildman–Crippen MR) is 44.5 cm³/mol. The zero-order chi connectivity index (χ0) is 8.49. The van der Waals surface area contributed by atoms with Gasteiger partial charge in [-0.15, -0.1) is 0 Å². The summed E-state index contributed by atoms with van der Waals surface area (Å²) in [7, 11) is 0. The van der Waals surface area contributed by atoms with Crippen molar-refractivity contribution in [3.05, 3.63) is 49.4 Å². The third-order valence-corrected chi connectivity index (χ3v) is 0.968. The highest BCUT2D eigenvalue weighted by molar-refractivity contribution is 5.00. The van der Waals surface area contributed by atoms with Crippen LogP contribution >= 0.6 is 0 Å². The Morgan fingerprint density at radius 3 is 2.08 bits per heavy atom. The van der Waals surface area contributed by atoms with Gasteiger partial charge in [0.15, 0.2) is 0 Å². The monoisotopic (exact) mass is 163 g/mol. The minimum absolute atomic E-state index is 1.50. The molecule has 0 bridgehead atoms. The number of allylic oxidation sites excluding steroid dienone is 2. The van der Waals surface area contributed by atoms with Gasteiger partial charge in [0, 0.05) is 18.6 Å². The maximum absolute atomic E-state index is 4.55. The van der Waals surface area contributed by atoms with Gasteiger partial charge in [-0.1, -0.05) is 0 Å². The second-order valence-corrected chi connectivity index (χ2v) is 1.83. The lowest BCUT2D eigenvalue weighted by atomic mass is 10.6. The summed E-state index contributed by atoms with van der Waals surface area (Å²) in [5.41, 5.74) is 2.52. The van der Waals surface area contributed by atoms with Crippen LogP contribution in [0.3, 0.4) is 0 Å². The summed E-state index contributed by atoms with van der Waals surface area (Å²) in [6.45, 7) is 0. The minimum atomic E-state index is 1.50. The molecule has 1 aromatic heterocycles. The first kappa shape index (κ1) is 8.26. The Balaban J connectivity index is 0.000000120. The fraction of sp³-hybridized carbons (Fsp3) is 0. The molecule has 1 aliphatic heterocycles. The van der Waals surface area contributed by atoms with E-state index in [0.29, 0.717) is 0 Å². The van der Waals surface area contributed by atoms with Gasteiger partial charge in [-0.05, 0) is 18.2 Å². The molecule has 2 heterocycles. The van der Waals surface area contributed by atoms with E-state index in [4.69, 9.17) is 0 Å². The van der Waals surface area contributed by atoms with Crippen LogP contribution in [0.5, 0.6) is 0 Å². The van der Waals surface area contributed by atoms with Crippen molar-refractivity contribution in [2.24, 2.45) is 0 Å². The predicted octanol–water partition coefficient (Wildman–Crippen LogP) is 1.03. The SMILES string of the molecule is C1=CNOC=C1.c1cncnc1. The van der Waals surface area contributed by atoms with Crippen LogP contribution in [0.1, 0.15) is 0 Å². The van der Waals surface area contributed by atoms with Crippen LogP contribution in [-0.4, -0.2) is 9.97 Å². The Labute approximate surface area is 70.6 Å². The highest BCUT2D eigenvalue weighted by Crippen LogP contribution is 1.80. The summed E-state index contributed by atoms with van der Waals surface area (Å²) in [4.78, 5) is 11.9. The molecule has 1 aromatic rings. The maximum Gasteiger partial charge on any atom is 0.119 e. The van der Waals surface area contributed by atoms with Crippen molar-refractivity contribution >= 4 is 0 Å². The zero-order valence-electron chi connectivity index (χ0n) is 6.42. The van der Waals surface area contributed by atoms with Gasteiger partial charge < -0.3 is 4.84 Å². The van der Waals surface area contributed by atoms with Gasteiger partial charge in [0.05, 0.1) is 0 Å². The minimum Gasteiger partial charge on any atom is -0.391 e. The second kappa shape index (κ2) is 5.91. The van der Waals surface area contributed by atoms with E-state index in [1.54, 1.807) is 37.0 Å². The van der Waals surface area contributed by atoms with E-state index in [-0.39, 0.29) is 0 Å². The molecule has 0 saturated heterocycles. The Morgan fingerprint density at radius 1 is 1.08 bits per heavy atom. The van der Waals surface area contributed by atoms with Crippen LogP contribution in [0.2, 0.25) is 0 Å². The van der Waals surface area contributed by atoms with Gasteiger partial charge in [-0.3, -0.25) is 0 Å². The highest BCUT2D eigenvalue weighted by Gasteiger charge is 1.72. The maximum atomic E-state index is 4.55. The van der Waals surface area contributed by atoms with Crippen molar-refractivity contribution in [1.82, 2.24) is 15.4 Å². The number of hydroxylamine groups is 1. The summed E-state index contributed by atoms with van der Waals surface area (Å²) >= 11 is 0. The van der Waals surface area contributed by atoms with Crippen molar-refractivity contribution < 1.29 is 4.84 Å². The molecule has 0 spiro atoms. The first-order valence-electron chi connectivity index (χ1n) is 3.43. The Bertz CT molecular complexity index is 207. The molecular formula is C8H9N3O. The van der Waals surface area contributed by atoms with E-state index >= 15 is 0 Å². The number of rotatable bonds is 0. The van der Waals surface area contributed by atoms with Crippen LogP contribution in [0.25, 0.3) is 0 Å². The molecule has 0 saturated carbocycles. The molecule has 0 unspecified atom stereocenters. The fourth-order valence-corrected chi connectivity index (χ4v) is 0.511. The molecular weight excluding hydrogens is 154 g/mol. The summed E-state index contributed by atoms with van der Waals surface area (Å²) in [5.74, 6) is 0. The summed E-state index contributed by atoms with van der Waals surface area (Å²) in [6, 6.07) is 1.78. The average Bonchev–Trinajstić information content (AvgIpc) is 2.24. The van der Waals surface area contributed by atoms with Crippen molar-refractivity contribution in [2.75, 3.05) is 0 Å². The molecule has 12 heavy (non-hydrogen) atoms. The first-order chi connectivity index (χ1) is 6.00. The lowest BCUT2D eigenvalue weighted by molar-refractivity contribution is 0.172. The molecule has 2 rings (SSSR count). The molecule has 0 aromatic carbocycles. The molecule has 0 aliphatic carbocycles. The first-order valence-corrected chi connectivity index (χ1v) is 3.43. The topological polar surface area (TPSA) is 47.0 Å². The van der Waals surface area contributed by atoms with Gasteiger partial charge in [-0.25, -0.2) is 15.4 Å². The van der Waals surface area contributed by atoms with Crippen molar-refractivity contribution in [1.29, 1.82) is 0 Å². The zero-order valence-corrected chi connectivity index (χ0v) is 6.42. The molecule has 0 radical (unpaired) electrons. The van der Waals surface area contributed by atoms with Gasteiger partial charge >= 0.3 is 0 Å². The van der Waals surface area contributed by atoms with E-state index in [2.05, 4.69) is 20.3 Å². The van der Waals surface area contributed by atoms with E-state index in [9.17, 15) is 0 Å². The Morgan fingerprint density at radius 2 is 1.92 bits per heavy atom. The Hall–Kier alpha value is -1.84. The van der Waals surface area contributed by atoms with E-state index in [1.807, 2.05) is 6.08 Å². The van der Waals surface area contributed by atoms with Gasteiger partial charge in [0.2, 0.25) is 0 Å². The standard InChI is InChI=1S/C4H4N2.C4H5NO/c1-2-5-4-6-3-1;1-2-4-6-5-3-1/h1-4H;1-5H. The van der Waals surface area contributed by atoms with Crippen LogP contribution in [0, 0.1) is 0 Å². The van der Waals surface area contributed by atoms with Crippen LogP contribution in [0.15, 0.2) is 49.4 Å². The van der Waals surface area contributed by atoms with E-state index in [0.717, 1.165) is 0 Å². The number of nitrogens with one attached hydrogen (secondary N) is 1. The van der Waals surface area contributed by atoms with Crippen LogP contribution < -0.4 is 5.48 Å². The summed E-state index contributed by atoms with van der Waals surface area (Å²) < 4.78 is 0. The highest BCUT2D eigenvalue weighted by atomic mass is 16.6. The number of nitrogens with zero attached hydrogens (tertiary/aromatic N) is 2. The number of hydrogen-bond acceptors (Lipinski definition) is 4. The molecule has 0 fully saturated rings. The Kier molecular flexibility index (Phi) is 4.07. The molecule has 1 aliphatic rings. The van der Waals surface area contributed by atoms with Crippen molar-refractivity contribution in [2.45, 2.75) is 0 Å². The van der Waals surface area contributed by atoms with Crippen molar-refractivity contribution in [3.63, 3.8) is 0 Å². The number of hydrogen-bond donors (Lipinski definition) is 1. The van der Waals surface area contributed by atoms with Crippen LogP contribution in [-0.2, 0) is 4.84 Å². The second-order valence-electron chi connectivity index (χ2n) is 1.83. The quantitative estimate of drug-likeness (QED) is 0.620. The summed E-state index contributed by atoms with van der Waals surface area (Å²) in [6.07, 6.45) is 11.8. The molecule has 4 nitrogen and oxygen atoms in total. The van der Waals surface area contributed by atoms with Crippen LogP contribution in [0.4, 0.5) is 0 Å². The molecule has 0 amide bonds. The third-order valence-electron chi connectivity index (χ3n) is 0.968. The molecule has 4 heteroatoms. The average molecular weight is 163 g/mol. The van der Waals surface area contributed by atoms with E-state index in [1.165, 1.54) is 6.33 Å². The van der Waals surface area contributed by atoms with E-state index < -0.39 is 0 Å². The smallest absolute Gasteiger partial charge is 0.119 e. The van der Waals surface area contributed by atoms with Gasteiger partial charge in [-0.2, -0.15) is 0 Å². The lowest BCUT2D eigenvalue weighted by Crippen LogP contribution is -2.01. The fourth-order valence-electron chi connectivity index (χ4n) is 0.511. The molecule has 1 N–H and O–H groups in total. The third kappa shape index (κ3) is 4.05. The normalized spacial score (nSPS) is 12.0. The van der Waals surface area contributed by atoms with Gasteiger partial charge in [0.1, 0.15) is 12.6 Å².